The van der Waals surface area contributed by atoms with Gasteiger partial charge < -0.3 is 20.1 Å². The lowest BCUT2D eigenvalue weighted by Crippen LogP contribution is -2.45. The molecule has 0 unspecified atom stereocenters. The van der Waals surface area contributed by atoms with E-state index in [1.54, 1.807) is 38.3 Å². The van der Waals surface area contributed by atoms with E-state index in [1.807, 2.05) is 36.4 Å². The van der Waals surface area contributed by atoms with E-state index in [4.69, 9.17) is 21.7 Å². The van der Waals surface area contributed by atoms with Gasteiger partial charge in [0.25, 0.3) is 5.91 Å². The Labute approximate surface area is 191 Å². The maximum atomic E-state index is 12.6. The highest BCUT2D eigenvalue weighted by Gasteiger charge is 2.32. The molecule has 0 saturated carbocycles. The van der Waals surface area contributed by atoms with Crippen LogP contribution in [-0.2, 0) is 14.3 Å². The number of hydrogen-bond donors (Lipinski definition) is 3. The van der Waals surface area contributed by atoms with E-state index in [-0.39, 0.29) is 13.2 Å². The van der Waals surface area contributed by atoms with Crippen LogP contribution in [0, 0.1) is 0 Å². The summed E-state index contributed by atoms with van der Waals surface area (Å²) in [6, 6.07) is 15.9. The summed E-state index contributed by atoms with van der Waals surface area (Å²) in [6.45, 7) is 3.49. The van der Waals surface area contributed by atoms with E-state index in [0.717, 1.165) is 5.56 Å². The zero-order valence-corrected chi connectivity index (χ0v) is 18.6. The van der Waals surface area contributed by atoms with Crippen LogP contribution >= 0.6 is 12.2 Å². The van der Waals surface area contributed by atoms with Crippen LogP contribution in [-0.4, -0.2) is 36.4 Å². The highest BCUT2D eigenvalue weighted by atomic mass is 32.1. The number of amides is 1. The third-order valence-corrected chi connectivity index (χ3v) is 4.78. The monoisotopic (exact) mass is 452 g/mol. The molecule has 0 spiro atoms. The van der Waals surface area contributed by atoms with Crippen molar-refractivity contribution >= 4 is 35.4 Å². The molecule has 166 valence electrons. The van der Waals surface area contributed by atoms with E-state index in [0.29, 0.717) is 27.7 Å². The zero-order valence-electron chi connectivity index (χ0n) is 17.8. The number of carbonyl (C=O) groups is 2. The molecule has 1 atom stereocenters. The maximum absolute atomic E-state index is 12.6. The first-order valence-electron chi connectivity index (χ1n) is 10.0. The molecule has 0 radical (unpaired) electrons. The third-order valence-electron chi connectivity index (χ3n) is 4.56. The smallest absolute Gasteiger partial charge is 0.338 e. The summed E-state index contributed by atoms with van der Waals surface area (Å²) >= 11 is 5.27. The average molecular weight is 453 g/mol. The van der Waals surface area contributed by atoms with E-state index in [2.05, 4.69) is 21.2 Å². The molecule has 0 bridgehead atoms. The first-order chi connectivity index (χ1) is 15.5. The Balaban J connectivity index is 1.73. The first kappa shape index (κ1) is 23.0. The van der Waals surface area contributed by atoms with Gasteiger partial charge in [-0.1, -0.05) is 48.5 Å². The largest absolute Gasteiger partial charge is 0.483 e. The van der Waals surface area contributed by atoms with Gasteiger partial charge in [-0.3, -0.25) is 4.79 Å². The van der Waals surface area contributed by atoms with Crippen molar-refractivity contribution in [1.82, 2.24) is 16.1 Å². The summed E-state index contributed by atoms with van der Waals surface area (Å²) in [5.74, 6) is -0.440. The lowest BCUT2D eigenvalue weighted by Gasteiger charge is -2.30. The van der Waals surface area contributed by atoms with Gasteiger partial charge in [0.1, 0.15) is 5.75 Å². The van der Waals surface area contributed by atoms with Crippen LogP contribution < -0.4 is 20.8 Å². The van der Waals surface area contributed by atoms with Crippen LogP contribution in [0.4, 0.5) is 0 Å². The van der Waals surface area contributed by atoms with Crippen LogP contribution in [0.25, 0.3) is 0 Å². The van der Waals surface area contributed by atoms with Gasteiger partial charge in [-0.05, 0) is 37.7 Å². The summed E-state index contributed by atoms with van der Waals surface area (Å²) in [5, 5.41) is 10.4. The number of esters is 1. The molecular formula is C23H24N4O4S. The Kier molecular flexibility index (Phi) is 7.93. The van der Waals surface area contributed by atoms with Crippen molar-refractivity contribution in [3.63, 3.8) is 0 Å². The van der Waals surface area contributed by atoms with Gasteiger partial charge in [-0.15, -0.1) is 0 Å². The van der Waals surface area contributed by atoms with E-state index < -0.39 is 17.9 Å². The second-order valence-corrected chi connectivity index (χ2v) is 7.23. The quantitative estimate of drug-likeness (QED) is 0.245. The number of thiocarbonyl (C=S) groups is 1. The van der Waals surface area contributed by atoms with Crippen molar-refractivity contribution in [3.05, 3.63) is 77.0 Å². The van der Waals surface area contributed by atoms with Gasteiger partial charge in [0.05, 0.1) is 24.4 Å². The van der Waals surface area contributed by atoms with Crippen molar-refractivity contribution in [3.8, 4) is 5.75 Å². The number of ether oxygens (including phenoxy) is 2. The molecule has 0 aromatic heterocycles. The molecule has 1 aliphatic rings. The predicted octanol–water partition coefficient (Wildman–Crippen LogP) is 2.57. The molecule has 3 rings (SSSR count). The molecule has 9 heteroatoms. The van der Waals surface area contributed by atoms with Gasteiger partial charge in [0, 0.05) is 11.3 Å². The number of carbonyl (C=O) groups excluding carboxylic acids is 2. The fourth-order valence-electron chi connectivity index (χ4n) is 3.15. The fraction of sp³-hybridized carbons (Fsp3) is 0.217. The highest BCUT2D eigenvalue weighted by Crippen LogP contribution is 2.33. The summed E-state index contributed by atoms with van der Waals surface area (Å²) in [5.41, 5.74) is 4.94. The lowest BCUT2D eigenvalue weighted by atomic mass is 9.95. The van der Waals surface area contributed by atoms with Crippen LogP contribution in [0.1, 0.15) is 31.0 Å². The number of nitrogens with zero attached hydrogens (tertiary/aromatic N) is 1. The molecule has 1 heterocycles. The van der Waals surface area contributed by atoms with Crippen molar-refractivity contribution < 1.29 is 19.1 Å². The highest BCUT2D eigenvalue weighted by molar-refractivity contribution is 7.80. The molecule has 0 fully saturated rings. The van der Waals surface area contributed by atoms with E-state index >= 15 is 0 Å². The Morgan fingerprint density at radius 3 is 2.62 bits per heavy atom. The van der Waals surface area contributed by atoms with Gasteiger partial charge in [0.2, 0.25) is 0 Å². The number of rotatable bonds is 8. The third kappa shape index (κ3) is 5.92. The zero-order chi connectivity index (χ0) is 22.9. The average Bonchev–Trinajstić information content (AvgIpc) is 2.78. The van der Waals surface area contributed by atoms with Gasteiger partial charge in [0.15, 0.2) is 11.7 Å². The maximum Gasteiger partial charge on any atom is 0.338 e. The molecule has 0 saturated heterocycles. The number of allylic oxidation sites excluding steroid dienone is 1. The predicted molar refractivity (Wildman–Crippen MR) is 125 cm³/mol. The lowest BCUT2D eigenvalue weighted by molar-refractivity contribution is -0.139. The van der Waals surface area contributed by atoms with Gasteiger partial charge >= 0.3 is 5.97 Å². The number of hydrazone groups is 1. The second kappa shape index (κ2) is 11.1. The molecule has 1 aliphatic heterocycles. The van der Waals surface area contributed by atoms with Crippen molar-refractivity contribution in [2.45, 2.75) is 19.9 Å². The Hall–Kier alpha value is -3.72. The SMILES string of the molecule is CCOC(=O)C1=C(C)NC(=S)N[C@@H]1c1ccccc1OCC(=O)NN=Cc1ccccc1. The van der Waals surface area contributed by atoms with E-state index in [9.17, 15) is 9.59 Å². The standard InChI is InChI=1S/C23H24N4O4S/c1-3-30-22(29)20-15(2)25-23(32)26-21(20)17-11-7-8-12-18(17)31-14-19(28)27-24-13-16-9-5-4-6-10-16/h4-13,21H,3,14H2,1-2H3,(H,27,28)(H2,25,26,32)/t21-/m1/s1. The minimum absolute atomic E-state index is 0.245. The number of hydrogen-bond acceptors (Lipinski definition) is 6. The molecule has 8 nitrogen and oxygen atoms in total. The fourth-order valence-corrected chi connectivity index (χ4v) is 3.42. The number of para-hydroxylation sites is 1. The minimum Gasteiger partial charge on any atom is -0.483 e. The Morgan fingerprint density at radius 1 is 1.16 bits per heavy atom. The number of benzene rings is 2. The van der Waals surface area contributed by atoms with Crippen molar-refractivity contribution in [1.29, 1.82) is 0 Å². The van der Waals surface area contributed by atoms with Crippen LogP contribution in [0.5, 0.6) is 5.75 Å². The van der Waals surface area contributed by atoms with Crippen LogP contribution in [0.3, 0.4) is 0 Å². The molecule has 32 heavy (non-hydrogen) atoms. The summed E-state index contributed by atoms with van der Waals surface area (Å²) in [6.07, 6.45) is 1.55. The molecule has 0 aliphatic carbocycles. The van der Waals surface area contributed by atoms with Crippen molar-refractivity contribution in [2.24, 2.45) is 5.10 Å². The van der Waals surface area contributed by atoms with E-state index in [1.165, 1.54) is 0 Å². The molecule has 2 aromatic carbocycles. The molecule has 1 amide bonds. The first-order valence-corrected chi connectivity index (χ1v) is 10.4. The second-order valence-electron chi connectivity index (χ2n) is 6.82. The summed E-state index contributed by atoms with van der Waals surface area (Å²) in [7, 11) is 0. The normalized spacial score (nSPS) is 15.7. The van der Waals surface area contributed by atoms with Gasteiger partial charge in [-0.2, -0.15) is 5.10 Å². The van der Waals surface area contributed by atoms with Crippen LogP contribution in [0.2, 0.25) is 0 Å². The van der Waals surface area contributed by atoms with Crippen LogP contribution in [0.15, 0.2) is 71.0 Å². The molecule has 2 aromatic rings. The topological polar surface area (TPSA) is 101 Å². The molecule has 3 N–H and O–H groups in total. The molecular weight excluding hydrogens is 428 g/mol. The summed E-state index contributed by atoms with van der Waals surface area (Å²) < 4.78 is 11.0. The minimum atomic E-state index is -0.585. The summed E-state index contributed by atoms with van der Waals surface area (Å²) in [4.78, 5) is 24.8. The number of nitrogens with one attached hydrogen (secondary N) is 3. The Morgan fingerprint density at radius 2 is 1.88 bits per heavy atom. The van der Waals surface area contributed by atoms with Gasteiger partial charge in [-0.25, -0.2) is 10.2 Å². The van der Waals surface area contributed by atoms with Crippen molar-refractivity contribution in [2.75, 3.05) is 13.2 Å². The Bertz CT molecular complexity index is 1050.